The monoisotopic (exact) mass is 392 g/mol. The van der Waals surface area contributed by atoms with E-state index in [1.54, 1.807) is 25.1 Å². The summed E-state index contributed by atoms with van der Waals surface area (Å²) >= 11 is 0. The van der Waals surface area contributed by atoms with E-state index in [1.807, 2.05) is 42.5 Å². The second-order valence-corrected chi connectivity index (χ2v) is 7.04. The molecule has 0 bridgehead atoms. The van der Waals surface area contributed by atoms with Gasteiger partial charge in [-0.05, 0) is 35.7 Å². The first kappa shape index (κ1) is 20.5. The van der Waals surface area contributed by atoms with Gasteiger partial charge in [-0.2, -0.15) is 0 Å². The Morgan fingerprint density at radius 1 is 0.966 bits per heavy atom. The van der Waals surface area contributed by atoms with Crippen molar-refractivity contribution >= 4 is 22.6 Å². The third-order valence-corrected chi connectivity index (χ3v) is 5.20. The van der Waals surface area contributed by atoms with Gasteiger partial charge in [0.25, 0.3) is 0 Å². The van der Waals surface area contributed by atoms with Crippen molar-refractivity contribution in [1.29, 1.82) is 0 Å². The molecule has 3 aromatic carbocycles. The molecule has 4 nitrogen and oxygen atoms in total. The maximum absolute atomic E-state index is 14.1. The molecule has 0 aromatic heterocycles. The highest BCUT2D eigenvalue weighted by atomic mass is 19.1. The highest BCUT2D eigenvalue weighted by Crippen LogP contribution is 2.21. The van der Waals surface area contributed by atoms with Gasteiger partial charge in [0, 0.05) is 25.6 Å². The Morgan fingerprint density at radius 2 is 1.62 bits per heavy atom. The second-order valence-electron chi connectivity index (χ2n) is 7.04. The molecule has 0 saturated heterocycles. The SMILES string of the molecule is CNC(=O)[C@H](C)N(Cc1ccccc1F)C(=O)CCc1cccc2ccccc12. The lowest BCUT2D eigenvalue weighted by atomic mass is 10.0. The molecule has 0 fully saturated rings. The molecule has 0 spiro atoms. The molecule has 0 aliphatic heterocycles. The molecule has 2 amide bonds. The van der Waals surface area contributed by atoms with E-state index in [-0.39, 0.29) is 30.6 Å². The number of likely N-dealkylation sites (N-methyl/N-ethyl adjacent to an activating group) is 1. The molecule has 1 N–H and O–H groups in total. The quantitative estimate of drug-likeness (QED) is 0.659. The van der Waals surface area contributed by atoms with Crippen molar-refractivity contribution in [1.82, 2.24) is 10.2 Å². The molecular formula is C24H25FN2O2. The Bertz CT molecular complexity index is 1010. The fraction of sp³-hybridized carbons (Fsp3) is 0.250. The summed E-state index contributed by atoms with van der Waals surface area (Å²) in [7, 11) is 1.53. The van der Waals surface area contributed by atoms with Crippen LogP contribution in [0.15, 0.2) is 66.7 Å². The molecule has 29 heavy (non-hydrogen) atoms. The summed E-state index contributed by atoms with van der Waals surface area (Å²) < 4.78 is 14.1. The summed E-state index contributed by atoms with van der Waals surface area (Å²) in [4.78, 5) is 26.7. The van der Waals surface area contributed by atoms with Gasteiger partial charge in [0.15, 0.2) is 0 Å². The van der Waals surface area contributed by atoms with E-state index in [4.69, 9.17) is 0 Å². The minimum atomic E-state index is -0.695. The van der Waals surface area contributed by atoms with Gasteiger partial charge in [-0.25, -0.2) is 4.39 Å². The number of halogens is 1. The molecule has 1 atom stereocenters. The smallest absolute Gasteiger partial charge is 0.242 e. The van der Waals surface area contributed by atoms with Crippen molar-refractivity contribution in [2.75, 3.05) is 7.05 Å². The topological polar surface area (TPSA) is 49.4 Å². The van der Waals surface area contributed by atoms with E-state index >= 15 is 0 Å². The van der Waals surface area contributed by atoms with Crippen molar-refractivity contribution in [2.45, 2.75) is 32.4 Å². The van der Waals surface area contributed by atoms with Crippen LogP contribution in [0, 0.1) is 5.82 Å². The van der Waals surface area contributed by atoms with E-state index < -0.39 is 6.04 Å². The Morgan fingerprint density at radius 3 is 2.38 bits per heavy atom. The van der Waals surface area contributed by atoms with Crippen molar-refractivity contribution in [2.24, 2.45) is 0 Å². The zero-order chi connectivity index (χ0) is 20.8. The zero-order valence-electron chi connectivity index (χ0n) is 16.7. The largest absolute Gasteiger partial charge is 0.357 e. The molecule has 0 unspecified atom stereocenters. The van der Waals surface area contributed by atoms with Gasteiger partial charge in [0.05, 0.1) is 0 Å². The van der Waals surface area contributed by atoms with Gasteiger partial charge in [0.2, 0.25) is 11.8 Å². The number of hydrogen-bond donors (Lipinski definition) is 1. The number of nitrogens with zero attached hydrogens (tertiary/aromatic N) is 1. The third-order valence-electron chi connectivity index (χ3n) is 5.20. The lowest BCUT2D eigenvalue weighted by molar-refractivity contribution is -0.140. The van der Waals surface area contributed by atoms with Gasteiger partial charge in [-0.1, -0.05) is 60.7 Å². The van der Waals surface area contributed by atoms with Crippen LogP contribution in [0.3, 0.4) is 0 Å². The fourth-order valence-corrected chi connectivity index (χ4v) is 3.50. The van der Waals surface area contributed by atoms with E-state index in [1.165, 1.54) is 18.0 Å². The van der Waals surface area contributed by atoms with Crippen LogP contribution >= 0.6 is 0 Å². The third kappa shape index (κ3) is 4.80. The average molecular weight is 392 g/mol. The zero-order valence-corrected chi connectivity index (χ0v) is 16.7. The van der Waals surface area contributed by atoms with Crippen LogP contribution in [-0.2, 0) is 22.6 Å². The van der Waals surface area contributed by atoms with Crippen molar-refractivity contribution in [3.8, 4) is 0 Å². The van der Waals surface area contributed by atoms with Gasteiger partial charge >= 0.3 is 0 Å². The van der Waals surface area contributed by atoms with Crippen LogP contribution in [-0.4, -0.2) is 29.8 Å². The van der Waals surface area contributed by atoms with Crippen LogP contribution in [0.1, 0.15) is 24.5 Å². The Balaban J connectivity index is 1.80. The molecule has 3 rings (SSSR count). The maximum atomic E-state index is 14.1. The van der Waals surface area contributed by atoms with Crippen molar-refractivity contribution in [3.63, 3.8) is 0 Å². The minimum Gasteiger partial charge on any atom is -0.357 e. The molecule has 3 aromatic rings. The van der Waals surface area contributed by atoms with Crippen molar-refractivity contribution in [3.05, 3.63) is 83.7 Å². The van der Waals surface area contributed by atoms with Gasteiger partial charge in [-0.15, -0.1) is 0 Å². The minimum absolute atomic E-state index is 0.0512. The number of benzene rings is 3. The summed E-state index contributed by atoms with van der Waals surface area (Å²) in [6.45, 7) is 1.71. The van der Waals surface area contributed by atoms with Crippen LogP contribution in [0.5, 0.6) is 0 Å². The van der Waals surface area contributed by atoms with Crippen molar-refractivity contribution < 1.29 is 14.0 Å². The normalized spacial score (nSPS) is 11.8. The number of amides is 2. The Kier molecular flexibility index (Phi) is 6.60. The molecule has 0 radical (unpaired) electrons. The summed E-state index contributed by atoms with van der Waals surface area (Å²) in [6, 6.07) is 19.7. The standard InChI is InChI=1S/C24H25FN2O2/c1-17(24(29)26-2)27(16-20-9-4-6-13-22(20)25)23(28)15-14-19-11-7-10-18-8-3-5-12-21(18)19/h3-13,17H,14-16H2,1-2H3,(H,26,29)/t17-/m0/s1. The number of hydrogen-bond acceptors (Lipinski definition) is 2. The number of carbonyl (C=O) groups excluding carboxylic acids is 2. The first-order chi connectivity index (χ1) is 14.0. The van der Waals surface area contributed by atoms with E-state index in [9.17, 15) is 14.0 Å². The lowest BCUT2D eigenvalue weighted by Crippen LogP contribution is -2.46. The summed E-state index contributed by atoms with van der Waals surface area (Å²) in [5.41, 5.74) is 1.47. The van der Waals surface area contributed by atoms with Gasteiger partial charge in [0.1, 0.15) is 11.9 Å². The molecule has 150 valence electrons. The first-order valence-corrected chi connectivity index (χ1v) is 9.72. The molecular weight excluding hydrogens is 367 g/mol. The van der Waals surface area contributed by atoms with E-state index in [0.29, 0.717) is 12.0 Å². The fourth-order valence-electron chi connectivity index (χ4n) is 3.50. The number of nitrogens with one attached hydrogen (secondary N) is 1. The maximum Gasteiger partial charge on any atom is 0.242 e. The Labute approximate surface area is 170 Å². The predicted octanol–water partition coefficient (Wildman–Crippen LogP) is 4.07. The van der Waals surface area contributed by atoms with Crippen LogP contribution < -0.4 is 5.32 Å². The highest BCUT2D eigenvalue weighted by Gasteiger charge is 2.26. The van der Waals surface area contributed by atoms with Gasteiger partial charge < -0.3 is 10.2 Å². The average Bonchev–Trinajstić information content (AvgIpc) is 2.75. The van der Waals surface area contributed by atoms with E-state index in [2.05, 4.69) is 5.32 Å². The number of fused-ring (bicyclic) bond motifs is 1. The molecule has 0 aliphatic carbocycles. The summed E-state index contributed by atoms with van der Waals surface area (Å²) in [5.74, 6) is -0.847. The molecule has 0 heterocycles. The highest BCUT2D eigenvalue weighted by molar-refractivity contribution is 5.88. The molecule has 0 aliphatic rings. The number of carbonyl (C=O) groups is 2. The van der Waals surface area contributed by atoms with Crippen LogP contribution in [0.2, 0.25) is 0 Å². The summed E-state index contributed by atoms with van der Waals surface area (Å²) in [6.07, 6.45) is 0.790. The molecule has 0 saturated carbocycles. The number of rotatable bonds is 7. The van der Waals surface area contributed by atoms with Gasteiger partial charge in [-0.3, -0.25) is 9.59 Å². The number of aryl methyl sites for hydroxylation is 1. The predicted molar refractivity (Wildman–Crippen MR) is 113 cm³/mol. The summed E-state index contributed by atoms with van der Waals surface area (Å²) in [5, 5.41) is 4.81. The molecule has 5 heteroatoms. The second kappa shape index (κ2) is 9.32. The Hall–Kier alpha value is -3.21. The van der Waals surface area contributed by atoms with Crippen LogP contribution in [0.25, 0.3) is 10.8 Å². The van der Waals surface area contributed by atoms with Crippen LogP contribution in [0.4, 0.5) is 4.39 Å². The first-order valence-electron chi connectivity index (χ1n) is 9.72. The lowest BCUT2D eigenvalue weighted by Gasteiger charge is -2.28. The van der Waals surface area contributed by atoms with E-state index in [0.717, 1.165) is 16.3 Å².